The molecule has 0 bridgehead atoms. The van der Waals surface area contributed by atoms with Crippen molar-refractivity contribution >= 4 is 49.6 Å². The minimum atomic E-state index is -3.96. The van der Waals surface area contributed by atoms with E-state index in [1.54, 1.807) is 0 Å². The Hall–Kier alpha value is -2.66. The number of rotatable bonds is 7. The van der Waals surface area contributed by atoms with Gasteiger partial charge in [0.2, 0.25) is 14.9 Å². The highest BCUT2D eigenvalue weighted by Crippen LogP contribution is 2.38. The fourth-order valence-electron chi connectivity index (χ4n) is 4.48. The van der Waals surface area contributed by atoms with Crippen LogP contribution in [0.1, 0.15) is 57.0 Å². The van der Waals surface area contributed by atoms with Crippen LogP contribution in [0.2, 0.25) is 5.02 Å². The highest BCUT2D eigenvalue weighted by molar-refractivity contribution is 7.91. The molecule has 0 saturated carbocycles. The first kappa shape index (κ1) is 25.0. The molecule has 3 aromatic rings. The third kappa shape index (κ3) is 5.08. The van der Waals surface area contributed by atoms with E-state index >= 15 is 0 Å². The number of hydrogen-bond donors (Lipinski definition) is 2. The van der Waals surface area contributed by atoms with E-state index in [2.05, 4.69) is 10.6 Å². The van der Waals surface area contributed by atoms with Crippen molar-refractivity contribution in [1.82, 2.24) is 5.32 Å². The molecule has 0 spiro atoms. The van der Waals surface area contributed by atoms with E-state index in [4.69, 9.17) is 20.8 Å². The molecule has 2 aliphatic rings. The fraction of sp³-hybridized carbons (Fsp3) is 0.360. The van der Waals surface area contributed by atoms with Crippen LogP contribution in [0.4, 0.5) is 5.00 Å². The molecule has 3 heterocycles. The summed E-state index contributed by atoms with van der Waals surface area (Å²) in [6.45, 7) is 1.12. The van der Waals surface area contributed by atoms with Gasteiger partial charge in [0.25, 0.3) is 11.8 Å². The number of furan rings is 1. The first-order valence-corrected chi connectivity index (χ1v) is 14.5. The second-order valence-electron chi connectivity index (χ2n) is 8.79. The minimum absolute atomic E-state index is 0.00402. The number of hydrogen-bond acceptors (Lipinski definition) is 7. The molecule has 1 aliphatic carbocycles. The minimum Gasteiger partial charge on any atom is -0.439 e. The third-order valence-corrected chi connectivity index (χ3v) is 9.43. The monoisotopic (exact) mass is 548 g/mol. The number of halogens is 1. The molecule has 2 N–H and O–H groups in total. The van der Waals surface area contributed by atoms with Gasteiger partial charge in [0, 0.05) is 23.1 Å². The first-order chi connectivity index (χ1) is 17.3. The van der Waals surface area contributed by atoms with Crippen LogP contribution in [0.3, 0.4) is 0 Å². The van der Waals surface area contributed by atoms with Crippen LogP contribution in [-0.4, -0.2) is 39.5 Å². The molecule has 1 aliphatic heterocycles. The van der Waals surface area contributed by atoms with Gasteiger partial charge < -0.3 is 19.8 Å². The Morgan fingerprint density at radius 3 is 2.56 bits per heavy atom. The summed E-state index contributed by atoms with van der Waals surface area (Å²) >= 11 is 7.24. The first-order valence-electron chi connectivity index (χ1n) is 11.8. The van der Waals surface area contributed by atoms with Crippen molar-refractivity contribution in [2.24, 2.45) is 0 Å². The standard InChI is InChI=1S/C25H25ClN2O6S2/c26-15-7-9-17(10-8-15)36(31,32)21-12-11-19(34-21)23(29)28-25-22(18-5-1-2-6-20(18)35-25)24(30)27-14-16-4-3-13-33-16/h7-12,16H,1-6,13-14H2,(H,27,30)(H,28,29). The van der Waals surface area contributed by atoms with Crippen LogP contribution >= 0.6 is 22.9 Å². The highest BCUT2D eigenvalue weighted by atomic mass is 35.5. The largest absolute Gasteiger partial charge is 0.439 e. The molecule has 1 unspecified atom stereocenters. The number of carbonyl (C=O) groups excluding carboxylic acids is 2. The van der Waals surface area contributed by atoms with Gasteiger partial charge in [-0.25, -0.2) is 8.42 Å². The number of amides is 2. The lowest BCUT2D eigenvalue weighted by atomic mass is 9.95. The van der Waals surface area contributed by atoms with E-state index in [9.17, 15) is 18.0 Å². The average molecular weight is 549 g/mol. The molecule has 8 nitrogen and oxygen atoms in total. The Bertz CT molecular complexity index is 1390. The Morgan fingerprint density at radius 1 is 1.03 bits per heavy atom. The van der Waals surface area contributed by atoms with Crippen LogP contribution in [0, 0.1) is 0 Å². The van der Waals surface area contributed by atoms with E-state index in [0.717, 1.165) is 49.0 Å². The van der Waals surface area contributed by atoms with Crippen molar-refractivity contribution in [3.05, 3.63) is 63.2 Å². The summed E-state index contributed by atoms with van der Waals surface area (Å²) in [6, 6.07) is 8.23. The van der Waals surface area contributed by atoms with Gasteiger partial charge in [-0.05, 0) is 80.5 Å². The SMILES string of the molecule is O=C(Nc1sc2c(c1C(=O)NCC1CCCO1)CCCC2)c1ccc(S(=O)(=O)c2ccc(Cl)cc2)o1. The van der Waals surface area contributed by atoms with Gasteiger partial charge in [-0.3, -0.25) is 9.59 Å². The van der Waals surface area contributed by atoms with Gasteiger partial charge in [-0.2, -0.15) is 0 Å². The number of benzene rings is 1. The summed E-state index contributed by atoms with van der Waals surface area (Å²) in [4.78, 5) is 27.3. The van der Waals surface area contributed by atoms with Gasteiger partial charge in [-0.15, -0.1) is 11.3 Å². The molecular weight excluding hydrogens is 524 g/mol. The van der Waals surface area contributed by atoms with E-state index in [0.29, 0.717) is 28.7 Å². The topological polar surface area (TPSA) is 115 Å². The lowest BCUT2D eigenvalue weighted by Gasteiger charge is -2.15. The highest BCUT2D eigenvalue weighted by Gasteiger charge is 2.29. The molecule has 190 valence electrons. The number of fused-ring (bicyclic) bond motifs is 1. The number of nitrogens with one attached hydrogen (secondary N) is 2. The summed E-state index contributed by atoms with van der Waals surface area (Å²) in [5.74, 6) is -1.04. The van der Waals surface area contributed by atoms with Crippen LogP contribution < -0.4 is 10.6 Å². The summed E-state index contributed by atoms with van der Waals surface area (Å²) in [5, 5.41) is 6.24. The van der Waals surface area contributed by atoms with Gasteiger partial charge >= 0.3 is 0 Å². The maximum Gasteiger partial charge on any atom is 0.292 e. The smallest absolute Gasteiger partial charge is 0.292 e. The Labute approximate surface area is 217 Å². The van der Waals surface area contributed by atoms with Crippen molar-refractivity contribution < 1.29 is 27.2 Å². The van der Waals surface area contributed by atoms with Crippen molar-refractivity contribution in [2.75, 3.05) is 18.5 Å². The summed E-state index contributed by atoms with van der Waals surface area (Å²) < 4.78 is 36.8. The molecule has 36 heavy (non-hydrogen) atoms. The summed E-state index contributed by atoms with van der Waals surface area (Å²) in [7, 11) is -3.96. The van der Waals surface area contributed by atoms with Crippen molar-refractivity contribution in [3.63, 3.8) is 0 Å². The van der Waals surface area contributed by atoms with E-state index in [-0.39, 0.29) is 27.8 Å². The molecule has 2 amide bonds. The van der Waals surface area contributed by atoms with Crippen molar-refractivity contribution in [1.29, 1.82) is 0 Å². The molecule has 5 rings (SSSR count). The van der Waals surface area contributed by atoms with Gasteiger partial charge in [0.1, 0.15) is 5.00 Å². The predicted octanol–water partition coefficient (Wildman–Crippen LogP) is 4.87. The maximum atomic E-state index is 13.2. The van der Waals surface area contributed by atoms with Gasteiger partial charge in [0.15, 0.2) is 5.76 Å². The molecule has 1 aromatic carbocycles. The number of sulfone groups is 1. The quantitative estimate of drug-likeness (QED) is 0.435. The zero-order valence-corrected chi connectivity index (χ0v) is 21.7. The zero-order chi connectivity index (χ0) is 25.3. The number of carbonyl (C=O) groups is 2. The maximum absolute atomic E-state index is 13.2. The number of ether oxygens (including phenoxy) is 1. The van der Waals surface area contributed by atoms with Crippen LogP contribution in [0.15, 0.2) is 50.8 Å². The summed E-state index contributed by atoms with van der Waals surface area (Å²) in [6.07, 6.45) is 5.53. The van der Waals surface area contributed by atoms with Crippen LogP contribution in [-0.2, 0) is 27.4 Å². The Morgan fingerprint density at radius 2 is 1.81 bits per heavy atom. The number of anilines is 1. The molecule has 0 radical (unpaired) electrons. The lowest BCUT2D eigenvalue weighted by molar-refractivity contribution is 0.0858. The Balaban J connectivity index is 1.36. The van der Waals surface area contributed by atoms with Crippen molar-refractivity contribution in [3.8, 4) is 0 Å². The second kappa shape index (κ2) is 10.4. The van der Waals surface area contributed by atoms with E-state index < -0.39 is 15.7 Å². The number of aryl methyl sites for hydroxylation is 1. The second-order valence-corrected chi connectivity index (χ2v) is 12.2. The Kier molecular flexibility index (Phi) is 7.21. The predicted molar refractivity (Wildman–Crippen MR) is 136 cm³/mol. The molecule has 1 saturated heterocycles. The zero-order valence-electron chi connectivity index (χ0n) is 19.3. The average Bonchev–Trinajstić information content (AvgIpc) is 3.63. The molecule has 11 heteroatoms. The van der Waals surface area contributed by atoms with E-state index in [1.807, 2.05) is 0 Å². The van der Waals surface area contributed by atoms with Gasteiger partial charge in [0.05, 0.1) is 16.6 Å². The van der Waals surface area contributed by atoms with Crippen LogP contribution in [0.5, 0.6) is 0 Å². The normalized spacial score (nSPS) is 17.5. The van der Waals surface area contributed by atoms with E-state index in [1.165, 1.54) is 47.7 Å². The number of thiophene rings is 1. The molecule has 2 aromatic heterocycles. The molecule has 1 fully saturated rings. The third-order valence-electron chi connectivity index (χ3n) is 6.33. The lowest BCUT2D eigenvalue weighted by Crippen LogP contribution is -2.32. The van der Waals surface area contributed by atoms with Crippen LogP contribution in [0.25, 0.3) is 0 Å². The molecular formula is C25H25ClN2O6S2. The van der Waals surface area contributed by atoms with Crippen molar-refractivity contribution in [2.45, 2.75) is 54.6 Å². The fourth-order valence-corrected chi connectivity index (χ4v) is 7.06. The summed E-state index contributed by atoms with van der Waals surface area (Å²) in [5.41, 5.74) is 1.44. The molecule has 1 atom stereocenters. The van der Waals surface area contributed by atoms with Gasteiger partial charge in [-0.1, -0.05) is 11.6 Å².